The van der Waals surface area contributed by atoms with Gasteiger partial charge in [0.1, 0.15) is 11.5 Å². The summed E-state index contributed by atoms with van der Waals surface area (Å²) >= 11 is 0. The van der Waals surface area contributed by atoms with Crippen LogP contribution < -0.4 is 9.47 Å². The molecule has 5 nitrogen and oxygen atoms in total. The van der Waals surface area contributed by atoms with Crippen molar-refractivity contribution in [2.24, 2.45) is 0 Å². The Kier molecular flexibility index (Phi) is 5.38. The second-order valence-corrected chi connectivity index (χ2v) is 4.73. The first-order chi connectivity index (χ1) is 9.74. The fourth-order valence-electron chi connectivity index (χ4n) is 2.15. The third-order valence-corrected chi connectivity index (χ3v) is 3.18. The van der Waals surface area contributed by atoms with E-state index < -0.39 is 0 Å². The van der Waals surface area contributed by atoms with Crippen LogP contribution in [0.5, 0.6) is 11.5 Å². The van der Waals surface area contributed by atoms with Crippen molar-refractivity contribution in [2.45, 2.75) is 32.5 Å². The van der Waals surface area contributed by atoms with Crippen LogP contribution in [-0.4, -0.2) is 33.1 Å². The number of aldehydes is 1. The van der Waals surface area contributed by atoms with E-state index in [1.54, 1.807) is 6.07 Å². The number of carbonyl (C=O) groups excluding carboxylic acids is 1. The molecule has 110 valence electrons. The van der Waals surface area contributed by atoms with Crippen LogP contribution in [-0.2, 0) is 9.47 Å². The van der Waals surface area contributed by atoms with E-state index in [0.29, 0.717) is 17.1 Å². The molecule has 0 bridgehead atoms. The molecule has 0 amide bonds. The monoisotopic (exact) mass is 280 g/mol. The molecule has 0 N–H and O–H groups in total. The molecular weight excluding hydrogens is 260 g/mol. The average Bonchev–Trinajstić information content (AvgIpc) is 2.46. The Morgan fingerprint density at radius 1 is 1.40 bits per heavy atom. The molecule has 1 atom stereocenters. The van der Waals surface area contributed by atoms with Gasteiger partial charge in [0.25, 0.3) is 0 Å². The van der Waals surface area contributed by atoms with Gasteiger partial charge in [0.05, 0.1) is 12.2 Å². The molecule has 1 saturated heterocycles. The molecule has 1 aliphatic heterocycles. The topological polar surface area (TPSA) is 54.0 Å². The summed E-state index contributed by atoms with van der Waals surface area (Å²) in [5.74, 6) is 1.11. The Balaban J connectivity index is 2.15. The fourth-order valence-corrected chi connectivity index (χ4v) is 2.15. The van der Waals surface area contributed by atoms with Crippen molar-refractivity contribution >= 4 is 6.29 Å². The van der Waals surface area contributed by atoms with E-state index in [0.717, 1.165) is 37.7 Å². The molecule has 5 heteroatoms. The molecule has 1 aliphatic rings. The number of ether oxygens (including phenoxy) is 4. The van der Waals surface area contributed by atoms with Gasteiger partial charge >= 0.3 is 0 Å². The number of hydrogen-bond acceptors (Lipinski definition) is 5. The van der Waals surface area contributed by atoms with E-state index in [2.05, 4.69) is 0 Å². The lowest BCUT2D eigenvalue weighted by molar-refractivity contribution is -0.106. The lowest BCUT2D eigenvalue weighted by Crippen LogP contribution is -2.25. The van der Waals surface area contributed by atoms with Crippen LogP contribution in [0.3, 0.4) is 0 Å². The molecule has 0 aliphatic carbocycles. The summed E-state index contributed by atoms with van der Waals surface area (Å²) in [6.07, 6.45) is 3.61. The maximum Gasteiger partial charge on any atom is 0.199 e. The Morgan fingerprint density at radius 2 is 2.25 bits per heavy atom. The summed E-state index contributed by atoms with van der Waals surface area (Å²) in [5, 5.41) is 0. The highest BCUT2D eigenvalue weighted by atomic mass is 16.7. The molecule has 1 fully saturated rings. The summed E-state index contributed by atoms with van der Waals surface area (Å²) in [5.41, 5.74) is 1.32. The van der Waals surface area contributed by atoms with Crippen LogP contribution in [0, 0.1) is 6.92 Å². The van der Waals surface area contributed by atoms with Crippen LogP contribution in [0.15, 0.2) is 12.1 Å². The fraction of sp³-hybridized carbons (Fsp3) is 0.533. The van der Waals surface area contributed by atoms with Gasteiger partial charge in [-0.05, 0) is 31.4 Å². The number of benzene rings is 1. The highest BCUT2D eigenvalue weighted by Crippen LogP contribution is 2.29. The van der Waals surface area contributed by atoms with Gasteiger partial charge in [0.2, 0.25) is 0 Å². The predicted molar refractivity (Wildman–Crippen MR) is 73.3 cm³/mol. The first-order valence-corrected chi connectivity index (χ1v) is 6.74. The van der Waals surface area contributed by atoms with Crippen molar-refractivity contribution in [1.29, 1.82) is 0 Å². The van der Waals surface area contributed by atoms with Crippen molar-refractivity contribution in [3.63, 3.8) is 0 Å². The zero-order valence-corrected chi connectivity index (χ0v) is 11.9. The lowest BCUT2D eigenvalue weighted by Gasteiger charge is -2.24. The number of hydrogen-bond donors (Lipinski definition) is 0. The van der Waals surface area contributed by atoms with Crippen LogP contribution in [0.1, 0.15) is 35.2 Å². The first kappa shape index (κ1) is 14.8. The second-order valence-electron chi connectivity index (χ2n) is 4.73. The standard InChI is InChI=1S/C15H20O5/c1-11-7-12(20-15-5-3-4-6-18-15)8-14(13(11)9-16)19-10-17-2/h7-9,15H,3-6,10H2,1-2H3. The van der Waals surface area contributed by atoms with Crippen molar-refractivity contribution in [3.05, 3.63) is 23.3 Å². The van der Waals surface area contributed by atoms with Gasteiger partial charge in [0.15, 0.2) is 19.4 Å². The van der Waals surface area contributed by atoms with Crippen LogP contribution in [0.25, 0.3) is 0 Å². The predicted octanol–water partition coefficient (Wildman–Crippen LogP) is 2.70. The maximum atomic E-state index is 11.1. The third kappa shape index (κ3) is 3.71. The molecule has 1 aromatic rings. The van der Waals surface area contributed by atoms with Gasteiger partial charge in [-0.2, -0.15) is 0 Å². The smallest absolute Gasteiger partial charge is 0.199 e. The van der Waals surface area contributed by atoms with Crippen molar-refractivity contribution in [3.8, 4) is 11.5 Å². The third-order valence-electron chi connectivity index (χ3n) is 3.18. The zero-order chi connectivity index (χ0) is 14.4. The minimum Gasteiger partial charge on any atom is -0.467 e. The Morgan fingerprint density at radius 3 is 2.90 bits per heavy atom. The summed E-state index contributed by atoms with van der Waals surface area (Å²) in [6, 6.07) is 3.52. The molecule has 1 unspecified atom stereocenters. The van der Waals surface area contributed by atoms with E-state index in [9.17, 15) is 4.79 Å². The Bertz CT molecular complexity index is 452. The van der Waals surface area contributed by atoms with Gasteiger partial charge in [-0.15, -0.1) is 0 Å². The normalized spacial score (nSPS) is 18.6. The van der Waals surface area contributed by atoms with E-state index >= 15 is 0 Å². The summed E-state index contributed by atoms with van der Waals surface area (Å²) in [7, 11) is 1.53. The van der Waals surface area contributed by atoms with Crippen LogP contribution in [0.2, 0.25) is 0 Å². The second kappa shape index (κ2) is 7.26. The van der Waals surface area contributed by atoms with E-state index in [1.807, 2.05) is 13.0 Å². The molecule has 0 aromatic heterocycles. The van der Waals surface area contributed by atoms with Crippen LogP contribution in [0.4, 0.5) is 0 Å². The average molecular weight is 280 g/mol. The van der Waals surface area contributed by atoms with Crippen molar-refractivity contribution < 1.29 is 23.7 Å². The number of carbonyl (C=O) groups is 1. The maximum absolute atomic E-state index is 11.1. The number of aryl methyl sites for hydroxylation is 1. The van der Waals surface area contributed by atoms with Crippen molar-refractivity contribution in [2.75, 3.05) is 20.5 Å². The minimum atomic E-state index is -0.222. The largest absolute Gasteiger partial charge is 0.467 e. The molecule has 1 aromatic carbocycles. The van der Waals surface area contributed by atoms with Gasteiger partial charge in [0, 0.05) is 19.6 Å². The van der Waals surface area contributed by atoms with Gasteiger partial charge in [-0.3, -0.25) is 4.79 Å². The molecule has 0 spiro atoms. The number of rotatable bonds is 6. The van der Waals surface area contributed by atoms with Gasteiger partial charge in [-0.25, -0.2) is 0 Å². The van der Waals surface area contributed by atoms with Crippen LogP contribution >= 0.6 is 0 Å². The van der Waals surface area contributed by atoms with E-state index in [-0.39, 0.29) is 13.1 Å². The Labute approximate surface area is 118 Å². The molecule has 1 heterocycles. The highest BCUT2D eigenvalue weighted by molar-refractivity contribution is 5.82. The van der Waals surface area contributed by atoms with E-state index in [1.165, 1.54) is 7.11 Å². The molecular formula is C15H20O5. The molecule has 2 rings (SSSR count). The molecule has 0 saturated carbocycles. The highest BCUT2D eigenvalue weighted by Gasteiger charge is 2.17. The first-order valence-electron chi connectivity index (χ1n) is 6.74. The SMILES string of the molecule is COCOc1cc(OC2CCCCO2)cc(C)c1C=O. The summed E-state index contributed by atoms with van der Waals surface area (Å²) in [4.78, 5) is 11.1. The summed E-state index contributed by atoms with van der Waals surface area (Å²) < 4.78 is 21.6. The lowest BCUT2D eigenvalue weighted by atomic mass is 10.1. The molecule has 20 heavy (non-hydrogen) atoms. The van der Waals surface area contributed by atoms with Gasteiger partial charge < -0.3 is 18.9 Å². The molecule has 0 radical (unpaired) electrons. The van der Waals surface area contributed by atoms with Crippen molar-refractivity contribution in [1.82, 2.24) is 0 Å². The minimum absolute atomic E-state index is 0.0870. The van der Waals surface area contributed by atoms with Gasteiger partial charge in [-0.1, -0.05) is 0 Å². The summed E-state index contributed by atoms with van der Waals surface area (Å²) in [6.45, 7) is 2.66. The zero-order valence-electron chi connectivity index (χ0n) is 11.9. The Hall–Kier alpha value is -1.59. The number of methoxy groups -OCH3 is 1. The quantitative estimate of drug-likeness (QED) is 0.592. The van der Waals surface area contributed by atoms with E-state index in [4.69, 9.17) is 18.9 Å².